The maximum atomic E-state index is 10.1. The Labute approximate surface area is 205 Å². The van der Waals surface area contributed by atoms with Gasteiger partial charge in [-0.05, 0) is 66.1 Å². The molecule has 194 valence electrons. The van der Waals surface area contributed by atoms with E-state index in [-0.39, 0.29) is 6.10 Å². The summed E-state index contributed by atoms with van der Waals surface area (Å²) in [5.74, 6) is 1.04. The van der Waals surface area contributed by atoms with E-state index < -0.39 is 11.7 Å². The van der Waals surface area contributed by atoms with E-state index in [9.17, 15) is 5.11 Å². The predicted octanol–water partition coefficient (Wildman–Crippen LogP) is 6.76. The second-order valence-electron chi connectivity index (χ2n) is 8.89. The molecule has 0 bridgehead atoms. The van der Waals surface area contributed by atoms with Crippen molar-refractivity contribution < 1.29 is 9.84 Å². The van der Waals surface area contributed by atoms with Crippen LogP contribution in [0.2, 0.25) is 0 Å². The second kappa shape index (κ2) is 22.5. The Bertz CT molecular complexity index is 547. The highest BCUT2D eigenvalue weighted by molar-refractivity contribution is 6.16. The molecular formula is C28H55N3O2. The summed E-state index contributed by atoms with van der Waals surface area (Å²) in [5.41, 5.74) is 0.283. The van der Waals surface area contributed by atoms with Crippen LogP contribution in [-0.4, -0.2) is 56.0 Å². The molecule has 5 heteroatoms. The van der Waals surface area contributed by atoms with Gasteiger partial charge < -0.3 is 15.2 Å². The summed E-state index contributed by atoms with van der Waals surface area (Å²) >= 11 is 0. The molecule has 0 radical (unpaired) electrons. The van der Waals surface area contributed by atoms with E-state index in [4.69, 9.17) is 4.74 Å². The molecule has 0 aromatic heterocycles. The summed E-state index contributed by atoms with van der Waals surface area (Å²) in [5, 5.41) is 13.3. The van der Waals surface area contributed by atoms with E-state index >= 15 is 0 Å². The Morgan fingerprint density at radius 3 is 2.33 bits per heavy atom. The van der Waals surface area contributed by atoms with Gasteiger partial charge in [-0.15, -0.1) is 0 Å². The zero-order valence-electron chi connectivity index (χ0n) is 23.2. The number of nitrogens with one attached hydrogen (secondary N) is 1. The topological polar surface area (TPSA) is 66.2 Å². The lowest BCUT2D eigenvalue weighted by atomic mass is 9.87. The van der Waals surface area contributed by atoms with Crippen LogP contribution < -0.4 is 5.32 Å². The number of aliphatic imine (C=N–C) groups is 2. The average molecular weight is 466 g/mol. The number of ether oxygens (including phenoxy) is 1. The van der Waals surface area contributed by atoms with E-state index in [1.165, 1.54) is 45.1 Å². The zero-order chi connectivity index (χ0) is 25.5. The lowest BCUT2D eigenvalue weighted by Crippen LogP contribution is -2.41. The van der Waals surface area contributed by atoms with Crippen molar-refractivity contribution in [2.24, 2.45) is 15.9 Å². The minimum atomic E-state index is -0.562. The number of aliphatic hydroxyl groups excluding tert-OH is 1. The molecule has 1 rings (SSSR count). The lowest BCUT2D eigenvalue weighted by molar-refractivity contribution is -0.119. The number of rotatable bonds is 12. The molecule has 2 atom stereocenters. The summed E-state index contributed by atoms with van der Waals surface area (Å²) < 4.78 is 5.93. The van der Waals surface area contributed by atoms with Crippen molar-refractivity contribution in [3.05, 3.63) is 23.9 Å². The summed E-state index contributed by atoms with van der Waals surface area (Å²) in [4.78, 5) is 8.10. The van der Waals surface area contributed by atoms with Crippen LogP contribution in [0.3, 0.4) is 0 Å². The highest BCUT2D eigenvalue weighted by atomic mass is 16.5. The summed E-state index contributed by atoms with van der Waals surface area (Å²) in [7, 11) is 3.75. The van der Waals surface area contributed by atoms with Crippen LogP contribution in [0, 0.1) is 5.92 Å². The third-order valence-electron chi connectivity index (χ3n) is 5.65. The van der Waals surface area contributed by atoms with Gasteiger partial charge in [-0.1, -0.05) is 71.4 Å². The van der Waals surface area contributed by atoms with Crippen molar-refractivity contribution in [2.45, 2.75) is 118 Å². The summed E-state index contributed by atoms with van der Waals surface area (Å²) in [6, 6.07) is 0. The van der Waals surface area contributed by atoms with Crippen LogP contribution >= 0.6 is 0 Å². The fraction of sp³-hybridized carbons (Fsp3) is 0.786. The quantitative estimate of drug-likeness (QED) is 0.247. The van der Waals surface area contributed by atoms with Gasteiger partial charge in [0.05, 0.1) is 23.5 Å². The molecule has 5 nitrogen and oxygen atoms in total. The van der Waals surface area contributed by atoms with Gasteiger partial charge in [0, 0.05) is 19.5 Å². The molecule has 0 saturated heterocycles. The van der Waals surface area contributed by atoms with Crippen LogP contribution in [0.1, 0.15) is 99.8 Å². The number of allylic oxidation sites excluding steroid dienone is 2. The molecule has 1 fully saturated rings. The minimum absolute atomic E-state index is 0.100. The Kier molecular flexibility index (Phi) is 23.1. The smallest absolute Gasteiger partial charge is 0.0892 e. The first-order valence-electron chi connectivity index (χ1n) is 13.1. The Morgan fingerprint density at radius 1 is 1.18 bits per heavy atom. The van der Waals surface area contributed by atoms with E-state index in [1.54, 1.807) is 19.5 Å². The van der Waals surface area contributed by atoms with Crippen molar-refractivity contribution in [1.29, 1.82) is 0 Å². The van der Waals surface area contributed by atoms with Gasteiger partial charge in [-0.25, -0.2) is 0 Å². The van der Waals surface area contributed by atoms with E-state index in [0.29, 0.717) is 0 Å². The molecule has 1 saturated carbocycles. The Balaban J connectivity index is 0. The van der Waals surface area contributed by atoms with Gasteiger partial charge in [0.25, 0.3) is 0 Å². The third-order valence-corrected chi connectivity index (χ3v) is 5.65. The fourth-order valence-corrected chi connectivity index (χ4v) is 3.68. The van der Waals surface area contributed by atoms with Crippen molar-refractivity contribution in [1.82, 2.24) is 5.32 Å². The first-order chi connectivity index (χ1) is 15.8. The third kappa shape index (κ3) is 18.8. The van der Waals surface area contributed by atoms with Crippen molar-refractivity contribution >= 4 is 12.4 Å². The minimum Gasteiger partial charge on any atom is -0.390 e. The van der Waals surface area contributed by atoms with Gasteiger partial charge in [-0.2, -0.15) is 0 Å². The van der Waals surface area contributed by atoms with Crippen molar-refractivity contribution in [2.75, 3.05) is 20.6 Å². The standard InChI is InChI=1S/C17H30N2O2.C9H19N.C2H6/c1-7-9-16(20)17(4,5)21-14(3)10-11-15(8-2)19-13-12-18-6;1-10-8-7-9-5-3-2-4-6-9;1-2/h8,10-14,16,20H,7,9H2,1-6H3;9-10H,2-8H2,1H3;1-2H3/b11-10-,15-8+,18-12?,19-13?;;. The SMILES string of the molecule is C/C=C(\C=C/C(C)OC(C)(C)C(O)CCC)N=CC=NC.CC.CNCCC1CCCCC1. The molecule has 0 aromatic carbocycles. The Morgan fingerprint density at radius 2 is 1.82 bits per heavy atom. The largest absolute Gasteiger partial charge is 0.390 e. The molecule has 0 aliphatic heterocycles. The van der Waals surface area contributed by atoms with Gasteiger partial charge in [0.15, 0.2) is 0 Å². The Hall–Kier alpha value is -1.30. The molecule has 2 N–H and O–H groups in total. The molecule has 0 spiro atoms. The lowest BCUT2D eigenvalue weighted by Gasteiger charge is -2.32. The molecule has 2 unspecified atom stereocenters. The average Bonchev–Trinajstić information content (AvgIpc) is 2.82. The maximum Gasteiger partial charge on any atom is 0.0892 e. The molecular weight excluding hydrogens is 410 g/mol. The fourth-order valence-electron chi connectivity index (χ4n) is 3.68. The molecule has 1 aliphatic rings. The number of aliphatic hydroxyl groups is 1. The van der Waals surface area contributed by atoms with Crippen LogP contribution in [0.15, 0.2) is 33.9 Å². The normalized spacial score (nSPS) is 17.6. The molecule has 33 heavy (non-hydrogen) atoms. The van der Waals surface area contributed by atoms with Crippen molar-refractivity contribution in [3.8, 4) is 0 Å². The maximum absolute atomic E-state index is 10.1. The highest BCUT2D eigenvalue weighted by Crippen LogP contribution is 2.25. The highest BCUT2D eigenvalue weighted by Gasteiger charge is 2.29. The molecule has 0 aromatic rings. The zero-order valence-corrected chi connectivity index (χ0v) is 23.2. The van der Waals surface area contributed by atoms with Crippen LogP contribution in [0.25, 0.3) is 0 Å². The summed E-state index contributed by atoms with van der Waals surface area (Å²) in [6.45, 7) is 15.0. The van der Waals surface area contributed by atoms with Crippen LogP contribution in [0.5, 0.6) is 0 Å². The van der Waals surface area contributed by atoms with Gasteiger partial charge >= 0.3 is 0 Å². The second-order valence-corrected chi connectivity index (χ2v) is 8.89. The number of nitrogens with zero attached hydrogens (tertiary/aromatic N) is 2. The summed E-state index contributed by atoms with van der Waals surface area (Å²) in [6.07, 6.45) is 19.0. The van der Waals surface area contributed by atoms with Crippen LogP contribution in [-0.2, 0) is 4.74 Å². The first-order valence-corrected chi connectivity index (χ1v) is 13.1. The first kappa shape index (κ1) is 33.9. The van der Waals surface area contributed by atoms with E-state index in [2.05, 4.69) is 22.2 Å². The van der Waals surface area contributed by atoms with Crippen molar-refractivity contribution in [3.63, 3.8) is 0 Å². The number of hydrogen-bond donors (Lipinski definition) is 2. The number of hydrogen-bond acceptors (Lipinski definition) is 5. The monoisotopic (exact) mass is 465 g/mol. The van der Waals surface area contributed by atoms with Gasteiger partial charge in [-0.3, -0.25) is 9.98 Å². The van der Waals surface area contributed by atoms with Crippen LogP contribution in [0.4, 0.5) is 0 Å². The molecule has 0 heterocycles. The molecule has 0 amide bonds. The van der Waals surface area contributed by atoms with Gasteiger partial charge in [0.1, 0.15) is 0 Å². The molecule has 1 aliphatic carbocycles. The van der Waals surface area contributed by atoms with E-state index in [1.807, 2.05) is 66.8 Å². The van der Waals surface area contributed by atoms with E-state index in [0.717, 1.165) is 24.5 Å². The predicted molar refractivity (Wildman–Crippen MR) is 148 cm³/mol. The van der Waals surface area contributed by atoms with Gasteiger partial charge in [0.2, 0.25) is 0 Å².